The van der Waals surface area contributed by atoms with E-state index in [2.05, 4.69) is 165 Å². The van der Waals surface area contributed by atoms with E-state index in [1.165, 1.54) is 38.9 Å². The van der Waals surface area contributed by atoms with E-state index < -0.39 is 0 Å². The first-order chi connectivity index (χ1) is 24.0. The molecule has 0 atom stereocenters. The van der Waals surface area contributed by atoms with Gasteiger partial charge in [0, 0.05) is 21.9 Å². The quantitative estimate of drug-likeness (QED) is 0.194. The highest BCUT2D eigenvalue weighted by atomic mass is 16.3. The van der Waals surface area contributed by atoms with Crippen LogP contribution in [-0.4, -0.2) is 0 Å². The van der Waals surface area contributed by atoms with E-state index in [1.807, 2.05) is 6.07 Å². The number of para-hydroxylation sites is 1. The Morgan fingerprint density at radius 3 is 1.92 bits per heavy atom. The largest absolute Gasteiger partial charge is 0.456 e. The maximum absolute atomic E-state index is 6.46. The van der Waals surface area contributed by atoms with Crippen LogP contribution in [-0.2, 0) is 5.41 Å². The summed E-state index contributed by atoms with van der Waals surface area (Å²) in [6, 6.07) is 52.2. The van der Waals surface area contributed by atoms with Gasteiger partial charge in [0.2, 0.25) is 0 Å². The minimum atomic E-state index is -0.179. The van der Waals surface area contributed by atoms with Gasteiger partial charge in [0.05, 0.1) is 22.1 Å². The minimum absolute atomic E-state index is 0.179. The Morgan fingerprint density at radius 1 is 0.469 bits per heavy atom. The van der Waals surface area contributed by atoms with E-state index in [4.69, 9.17) is 8.83 Å². The van der Waals surface area contributed by atoms with Gasteiger partial charge in [-0.05, 0) is 101 Å². The summed E-state index contributed by atoms with van der Waals surface area (Å²) in [6.07, 6.45) is 0. The fourth-order valence-electron chi connectivity index (χ4n) is 8.15. The number of rotatable bonds is 4. The summed E-state index contributed by atoms with van der Waals surface area (Å²) in [5.74, 6) is 0. The second-order valence-corrected chi connectivity index (χ2v) is 13.8. The van der Waals surface area contributed by atoms with E-state index in [9.17, 15) is 0 Å². The lowest BCUT2D eigenvalue weighted by Crippen LogP contribution is -2.16. The van der Waals surface area contributed by atoms with Crippen LogP contribution in [0.5, 0.6) is 0 Å². The Hall–Kier alpha value is -6.06. The van der Waals surface area contributed by atoms with Crippen molar-refractivity contribution in [1.82, 2.24) is 0 Å². The SMILES string of the molecule is Cc1ccc2oc3cccc(N(c4ccc5c(c4)C(C)(C)c4ccc(-c6ccccc6)cc4-5)c4cccc5oc6ccccc6c45)c3c2c1. The molecule has 0 spiro atoms. The maximum Gasteiger partial charge on any atom is 0.137 e. The van der Waals surface area contributed by atoms with Crippen molar-refractivity contribution in [2.24, 2.45) is 0 Å². The van der Waals surface area contributed by atoms with Crippen LogP contribution in [0.2, 0.25) is 0 Å². The fourth-order valence-corrected chi connectivity index (χ4v) is 8.15. The number of nitrogens with zero attached hydrogens (tertiary/aromatic N) is 1. The zero-order chi connectivity index (χ0) is 32.9. The highest BCUT2D eigenvalue weighted by molar-refractivity contribution is 6.18. The molecule has 7 aromatic carbocycles. The lowest BCUT2D eigenvalue weighted by molar-refractivity contribution is 0.660. The van der Waals surface area contributed by atoms with Crippen LogP contribution in [0.25, 0.3) is 66.1 Å². The summed E-state index contributed by atoms with van der Waals surface area (Å²) in [5.41, 5.74) is 15.5. The molecule has 0 N–H and O–H groups in total. The van der Waals surface area contributed by atoms with E-state index in [0.29, 0.717) is 0 Å². The third-order valence-electron chi connectivity index (χ3n) is 10.5. The first kappa shape index (κ1) is 28.0. The Labute approximate surface area is 284 Å². The van der Waals surface area contributed by atoms with Gasteiger partial charge >= 0.3 is 0 Å². The minimum Gasteiger partial charge on any atom is -0.456 e. The zero-order valence-electron chi connectivity index (χ0n) is 27.6. The van der Waals surface area contributed by atoms with E-state index >= 15 is 0 Å². The molecular weight excluding hydrogens is 599 g/mol. The van der Waals surface area contributed by atoms with Gasteiger partial charge in [-0.1, -0.05) is 104 Å². The third-order valence-corrected chi connectivity index (χ3v) is 10.5. The molecule has 3 nitrogen and oxygen atoms in total. The summed E-state index contributed by atoms with van der Waals surface area (Å²) in [7, 11) is 0. The summed E-state index contributed by atoms with van der Waals surface area (Å²) in [6.45, 7) is 6.84. The van der Waals surface area contributed by atoms with Crippen LogP contribution in [0.4, 0.5) is 17.1 Å². The molecule has 1 aliphatic carbocycles. The molecule has 0 fully saturated rings. The van der Waals surface area contributed by atoms with Gasteiger partial charge in [0.25, 0.3) is 0 Å². The first-order valence-electron chi connectivity index (χ1n) is 16.9. The third kappa shape index (κ3) is 4.09. The molecule has 0 radical (unpaired) electrons. The molecule has 0 bridgehead atoms. The van der Waals surface area contributed by atoms with Gasteiger partial charge < -0.3 is 13.7 Å². The van der Waals surface area contributed by atoms with Crippen LogP contribution < -0.4 is 4.90 Å². The summed E-state index contributed by atoms with van der Waals surface area (Å²) < 4.78 is 12.9. The molecule has 0 unspecified atom stereocenters. The van der Waals surface area contributed by atoms with Crippen LogP contribution >= 0.6 is 0 Å². The Kier molecular flexibility index (Phi) is 5.84. The summed E-state index contributed by atoms with van der Waals surface area (Å²) in [4.78, 5) is 2.42. The van der Waals surface area contributed by atoms with Crippen molar-refractivity contribution in [1.29, 1.82) is 0 Å². The number of hydrogen-bond acceptors (Lipinski definition) is 3. The molecule has 3 heteroatoms. The van der Waals surface area contributed by atoms with Crippen LogP contribution in [0.3, 0.4) is 0 Å². The van der Waals surface area contributed by atoms with Crippen molar-refractivity contribution < 1.29 is 8.83 Å². The van der Waals surface area contributed by atoms with Crippen molar-refractivity contribution in [2.75, 3.05) is 4.90 Å². The molecule has 0 saturated heterocycles. The van der Waals surface area contributed by atoms with Gasteiger partial charge in [-0.3, -0.25) is 0 Å². The molecule has 0 amide bonds. The second kappa shape index (κ2) is 10.2. The average molecular weight is 632 g/mol. The van der Waals surface area contributed by atoms with Crippen molar-refractivity contribution >= 4 is 60.9 Å². The normalized spacial score (nSPS) is 13.4. The van der Waals surface area contributed by atoms with Crippen LogP contribution in [0.1, 0.15) is 30.5 Å². The molecule has 49 heavy (non-hydrogen) atoms. The lowest BCUT2D eigenvalue weighted by Gasteiger charge is -2.29. The highest BCUT2D eigenvalue weighted by Gasteiger charge is 2.36. The van der Waals surface area contributed by atoms with Gasteiger partial charge in [-0.15, -0.1) is 0 Å². The van der Waals surface area contributed by atoms with Crippen molar-refractivity contribution in [3.8, 4) is 22.3 Å². The number of anilines is 3. The van der Waals surface area contributed by atoms with E-state index in [0.717, 1.165) is 60.9 Å². The zero-order valence-corrected chi connectivity index (χ0v) is 27.6. The topological polar surface area (TPSA) is 29.5 Å². The Morgan fingerprint density at radius 2 is 1.14 bits per heavy atom. The monoisotopic (exact) mass is 631 g/mol. The predicted molar refractivity (Wildman–Crippen MR) is 203 cm³/mol. The van der Waals surface area contributed by atoms with Crippen LogP contribution in [0, 0.1) is 6.92 Å². The van der Waals surface area contributed by atoms with Gasteiger partial charge in [0.15, 0.2) is 0 Å². The number of hydrogen-bond donors (Lipinski definition) is 0. The molecule has 2 heterocycles. The lowest BCUT2D eigenvalue weighted by atomic mass is 9.82. The standard InChI is InChI=1S/C46H33NO2/c1-28-19-24-41-35(25-28)45-39(15-10-18-43(45)49-41)47(38-14-9-17-42-44(38)33-13-7-8-16-40(33)48-42)31-21-22-32-34-26-30(29-11-5-4-6-12-29)20-23-36(34)46(2,3)37(32)27-31/h4-27H,1-3H3. The molecular formula is C46H33NO2. The summed E-state index contributed by atoms with van der Waals surface area (Å²) >= 11 is 0. The average Bonchev–Trinajstić information content (AvgIpc) is 3.77. The second-order valence-electron chi connectivity index (χ2n) is 13.8. The number of furan rings is 2. The molecule has 1 aliphatic rings. The highest BCUT2D eigenvalue weighted by Crippen LogP contribution is 2.53. The van der Waals surface area contributed by atoms with Gasteiger partial charge in [0.1, 0.15) is 22.3 Å². The Bertz CT molecular complexity index is 2760. The van der Waals surface area contributed by atoms with Crippen molar-refractivity contribution in [2.45, 2.75) is 26.2 Å². The van der Waals surface area contributed by atoms with Gasteiger partial charge in [-0.2, -0.15) is 0 Å². The smallest absolute Gasteiger partial charge is 0.137 e. The van der Waals surface area contributed by atoms with E-state index in [1.54, 1.807) is 0 Å². The molecule has 234 valence electrons. The fraction of sp³-hybridized carbons (Fsp3) is 0.0870. The van der Waals surface area contributed by atoms with Crippen molar-refractivity contribution in [3.63, 3.8) is 0 Å². The molecule has 9 aromatic rings. The van der Waals surface area contributed by atoms with Crippen LogP contribution in [0.15, 0.2) is 154 Å². The van der Waals surface area contributed by atoms with Crippen molar-refractivity contribution in [3.05, 3.63) is 162 Å². The van der Waals surface area contributed by atoms with E-state index in [-0.39, 0.29) is 5.41 Å². The predicted octanol–water partition coefficient (Wildman–Crippen LogP) is 13.2. The number of fused-ring (bicyclic) bond motifs is 9. The maximum atomic E-state index is 6.46. The Balaban J connectivity index is 1.25. The molecule has 0 aliphatic heterocycles. The van der Waals surface area contributed by atoms with Gasteiger partial charge in [-0.25, -0.2) is 0 Å². The number of aryl methyl sites for hydroxylation is 1. The molecule has 10 rings (SSSR count). The molecule has 0 saturated carbocycles. The number of benzene rings is 7. The molecule has 2 aromatic heterocycles. The first-order valence-corrected chi connectivity index (χ1v) is 16.9. The summed E-state index contributed by atoms with van der Waals surface area (Å²) in [5, 5.41) is 4.40.